The summed E-state index contributed by atoms with van der Waals surface area (Å²) in [6, 6.07) is 0. The van der Waals surface area contributed by atoms with E-state index in [0.717, 1.165) is 0 Å². The Bertz CT molecular complexity index is 211. The Morgan fingerprint density at radius 2 is 2.00 bits per heavy atom. The van der Waals surface area contributed by atoms with E-state index in [-0.39, 0.29) is 25.5 Å². The normalized spacial score (nSPS) is 8.62. The summed E-state index contributed by atoms with van der Waals surface area (Å²) in [6.45, 7) is 6.82. The maximum Gasteiger partial charge on any atom is 0.325 e. The van der Waals surface area contributed by atoms with Gasteiger partial charge in [-0.25, -0.2) is 0 Å². The first-order chi connectivity index (χ1) is 6.20. The Labute approximate surface area is 77.3 Å². The van der Waals surface area contributed by atoms with Crippen LogP contribution in [0.1, 0.15) is 6.42 Å². The van der Waals surface area contributed by atoms with Crippen molar-refractivity contribution in [3.8, 4) is 0 Å². The highest BCUT2D eigenvalue weighted by Gasteiger charge is 2.03. The molecule has 1 N–H and O–H groups in total. The van der Waals surface area contributed by atoms with Crippen LogP contribution in [0, 0.1) is 0 Å². The first-order valence-corrected chi connectivity index (χ1v) is 3.84. The van der Waals surface area contributed by atoms with Gasteiger partial charge in [0.15, 0.2) is 0 Å². The molecule has 72 valence electrons. The third-order valence-corrected chi connectivity index (χ3v) is 1.12. The standard InChI is InChI=1S/C9H13NO3/c1-3-5-8(11)10-7-9(12)13-6-4-2/h3-4H,1-2,5-7H2,(H,10,11). The average molecular weight is 183 g/mol. The molecule has 0 radical (unpaired) electrons. The molecule has 0 atom stereocenters. The van der Waals surface area contributed by atoms with Gasteiger partial charge in [0.1, 0.15) is 13.2 Å². The molecule has 0 bridgehead atoms. The minimum Gasteiger partial charge on any atom is -0.460 e. The van der Waals surface area contributed by atoms with E-state index in [1.165, 1.54) is 12.2 Å². The molecule has 0 saturated carbocycles. The Morgan fingerprint density at radius 3 is 2.54 bits per heavy atom. The molecule has 0 rings (SSSR count). The van der Waals surface area contributed by atoms with E-state index in [9.17, 15) is 9.59 Å². The zero-order chi connectivity index (χ0) is 10.1. The molecule has 13 heavy (non-hydrogen) atoms. The number of amides is 1. The van der Waals surface area contributed by atoms with Gasteiger partial charge in [-0.1, -0.05) is 18.7 Å². The van der Waals surface area contributed by atoms with Crippen molar-refractivity contribution in [2.45, 2.75) is 6.42 Å². The van der Waals surface area contributed by atoms with E-state index in [2.05, 4.69) is 23.2 Å². The third-order valence-electron chi connectivity index (χ3n) is 1.12. The van der Waals surface area contributed by atoms with Gasteiger partial charge >= 0.3 is 5.97 Å². The third kappa shape index (κ3) is 6.80. The second-order valence-corrected chi connectivity index (χ2v) is 2.24. The van der Waals surface area contributed by atoms with E-state index in [0.29, 0.717) is 0 Å². The number of hydrogen-bond acceptors (Lipinski definition) is 3. The van der Waals surface area contributed by atoms with E-state index in [1.807, 2.05) is 0 Å². The van der Waals surface area contributed by atoms with E-state index in [4.69, 9.17) is 0 Å². The van der Waals surface area contributed by atoms with Crippen LogP contribution in [-0.2, 0) is 14.3 Å². The number of rotatable bonds is 6. The highest BCUT2D eigenvalue weighted by atomic mass is 16.5. The minimum absolute atomic E-state index is 0.111. The predicted molar refractivity (Wildman–Crippen MR) is 49.0 cm³/mol. The Kier molecular flexibility index (Phi) is 6.23. The predicted octanol–water partition coefficient (Wildman–Crippen LogP) is 0.408. The summed E-state index contributed by atoms with van der Waals surface area (Å²) in [5, 5.41) is 2.37. The van der Waals surface area contributed by atoms with Gasteiger partial charge in [-0.2, -0.15) is 0 Å². The fraction of sp³-hybridized carbons (Fsp3) is 0.333. The van der Waals surface area contributed by atoms with Crippen LogP contribution in [0.5, 0.6) is 0 Å². The Hall–Kier alpha value is -1.58. The van der Waals surface area contributed by atoms with Gasteiger partial charge in [0.05, 0.1) is 0 Å². The maximum atomic E-state index is 10.8. The van der Waals surface area contributed by atoms with E-state index < -0.39 is 5.97 Å². The molecular formula is C9H13NO3. The fourth-order valence-electron chi connectivity index (χ4n) is 0.577. The van der Waals surface area contributed by atoms with Crippen molar-refractivity contribution in [2.24, 2.45) is 0 Å². The monoisotopic (exact) mass is 183 g/mol. The van der Waals surface area contributed by atoms with Gasteiger partial charge in [0.2, 0.25) is 5.91 Å². The van der Waals surface area contributed by atoms with Crippen molar-refractivity contribution in [1.82, 2.24) is 5.32 Å². The smallest absolute Gasteiger partial charge is 0.325 e. The van der Waals surface area contributed by atoms with Crippen LogP contribution in [0.4, 0.5) is 0 Å². The molecule has 0 aliphatic rings. The minimum atomic E-state index is -0.475. The molecule has 4 nitrogen and oxygen atoms in total. The van der Waals surface area contributed by atoms with Gasteiger partial charge in [-0.3, -0.25) is 9.59 Å². The maximum absolute atomic E-state index is 10.8. The molecule has 0 aromatic carbocycles. The second kappa shape index (κ2) is 7.09. The molecule has 4 heteroatoms. The van der Waals surface area contributed by atoms with Gasteiger partial charge in [-0.15, -0.1) is 6.58 Å². The zero-order valence-electron chi connectivity index (χ0n) is 7.41. The van der Waals surface area contributed by atoms with Crippen molar-refractivity contribution >= 4 is 11.9 Å². The summed E-state index contributed by atoms with van der Waals surface area (Å²) < 4.78 is 4.62. The van der Waals surface area contributed by atoms with Crippen LogP contribution in [0.2, 0.25) is 0 Å². The lowest BCUT2D eigenvalue weighted by Crippen LogP contribution is -2.30. The molecule has 0 spiro atoms. The number of carbonyl (C=O) groups excluding carboxylic acids is 2. The summed E-state index contributed by atoms with van der Waals surface area (Å²) in [5.74, 6) is -0.720. The summed E-state index contributed by atoms with van der Waals surface area (Å²) in [6.07, 6.45) is 3.13. The van der Waals surface area contributed by atoms with Gasteiger partial charge < -0.3 is 10.1 Å². The lowest BCUT2D eigenvalue weighted by atomic mass is 10.4. The SMILES string of the molecule is C=CCOC(=O)CNC(=O)CC=C. The van der Waals surface area contributed by atoms with Crippen molar-refractivity contribution in [3.63, 3.8) is 0 Å². The average Bonchev–Trinajstić information content (AvgIpc) is 2.12. The van der Waals surface area contributed by atoms with Crippen LogP contribution >= 0.6 is 0 Å². The van der Waals surface area contributed by atoms with E-state index >= 15 is 0 Å². The van der Waals surface area contributed by atoms with Crippen LogP contribution < -0.4 is 5.32 Å². The summed E-state index contributed by atoms with van der Waals surface area (Å²) in [4.78, 5) is 21.6. The molecule has 0 aliphatic heterocycles. The quantitative estimate of drug-likeness (QED) is 0.479. The van der Waals surface area contributed by atoms with Crippen molar-refractivity contribution < 1.29 is 14.3 Å². The van der Waals surface area contributed by atoms with E-state index in [1.54, 1.807) is 0 Å². The molecular weight excluding hydrogens is 170 g/mol. The molecule has 0 aliphatic carbocycles. The zero-order valence-corrected chi connectivity index (χ0v) is 7.41. The molecule has 0 aromatic heterocycles. The second-order valence-electron chi connectivity index (χ2n) is 2.24. The van der Waals surface area contributed by atoms with Crippen molar-refractivity contribution in [3.05, 3.63) is 25.3 Å². The molecule has 1 amide bonds. The van der Waals surface area contributed by atoms with Crippen molar-refractivity contribution in [1.29, 1.82) is 0 Å². The fourth-order valence-corrected chi connectivity index (χ4v) is 0.577. The number of carbonyl (C=O) groups is 2. The summed E-state index contributed by atoms with van der Waals surface area (Å²) >= 11 is 0. The number of esters is 1. The highest BCUT2D eigenvalue weighted by molar-refractivity contribution is 5.82. The molecule has 0 aromatic rings. The summed E-state index contributed by atoms with van der Waals surface area (Å²) in [5.41, 5.74) is 0. The largest absolute Gasteiger partial charge is 0.460 e. The van der Waals surface area contributed by atoms with Crippen LogP contribution in [-0.4, -0.2) is 25.0 Å². The molecule has 0 unspecified atom stereocenters. The van der Waals surface area contributed by atoms with Crippen LogP contribution in [0.3, 0.4) is 0 Å². The van der Waals surface area contributed by atoms with Gasteiger partial charge in [0, 0.05) is 6.42 Å². The number of nitrogens with one attached hydrogen (secondary N) is 1. The first-order valence-electron chi connectivity index (χ1n) is 3.84. The topological polar surface area (TPSA) is 55.4 Å². The number of ether oxygens (including phenoxy) is 1. The summed E-state index contributed by atoms with van der Waals surface area (Å²) in [7, 11) is 0. The first kappa shape index (κ1) is 11.4. The van der Waals surface area contributed by atoms with Gasteiger partial charge in [-0.05, 0) is 0 Å². The lowest BCUT2D eigenvalue weighted by molar-refractivity contribution is -0.142. The lowest BCUT2D eigenvalue weighted by Gasteiger charge is -2.02. The Balaban J connectivity index is 3.51. The van der Waals surface area contributed by atoms with Crippen molar-refractivity contribution in [2.75, 3.05) is 13.2 Å². The number of hydrogen-bond donors (Lipinski definition) is 1. The van der Waals surface area contributed by atoms with Crippen LogP contribution in [0.25, 0.3) is 0 Å². The van der Waals surface area contributed by atoms with Gasteiger partial charge in [0.25, 0.3) is 0 Å². The molecule has 0 fully saturated rings. The Morgan fingerprint density at radius 1 is 1.31 bits per heavy atom. The molecule has 0 saturated heterocycles. The highest BCUT2D eigenvalue weighted by Crippen LogP contribution is 1.81. The van der Waals surface area contributed by atoms with Crippen LogP contribution in [0.15, 0.2) is 25.3 Å². The molecule has 0 heterocycles.